The maximum atomic E-state index is 14.8. The van der Waals surface area contributed by atoms with Crippen molar-refractivity contribution >= 4 is 22.8 Å². The lowest BCUT2D eigenvalue weighted by molar-refractivity contribution is -0.246. The van der Waals surface area contributed by atoms with E-state index in [1.54, 1.807) is 27.7 Å². The van der Waals surface area contributed by atoms with Gasteiger partial charge in [-0.2, -0.15) is 13.8 Å². The molecule has 12 heteroatoms. The molecule has 0 aromatic carbocycles. The Morgan fingerprint density at radius 2 is 1.76 bits per heavy atom. The molecule has 220 valence electrons. The minimum atomic E-state index is -3.80. The molecule has 0 aromatic heterocycles. The van der Waals surface area contributed by atoms with Crippen LogP contribution in [-0.4, -0.2) is 86.9 Å². The molecular weight excluding hydrogens is 520 g/mol. The molecule has 0 saturated carbocycles. The number of hydrogen-bond acceptors (Lipinski definition) is 7. The monoisotopic (exact) mass is 565 g/mol. The molecule has 2 rings (SSSR count). The molecule has 0 spiro atoms. The van der Waals surface area contributed by atoms with Crippen molar-refractivity contribution in [2.24, 2.45) is 11.3 Å². The van der Waals surface area contributed by atoms with Crippen molar-refractivity contribution in [2.75, 3.05) is 31.3 Å². The Morgan fingerprint density at radius 3 is 2.26 bits per heavy atom. The molecule has 0 aromatic rings. The van der Waals surface area contributed by atoms with Crippen molar-refractivity contribution in [1.29, 1.82) is 0 Å². The Kier molecular flexibility index (Phi) is 10.9. The summed E-state index contributed by atoms with van der Waals surface area (Å²) in [5, 5.41) is 16.6. The van der Waals surface area contributed by atoms with Crippen LogP contribution in [0.1, 0.15) is 67.7 Å². The van der Waals surface area contributed by atoms with Crippen LogP contribution in [0.3, 0.4) is 0 Å². The fourth-order valence-corrected chi connectivity index (χ4v) is 6.43. The summed E-state index contributed by atoms with van der Waals surface area (Å²) in [6.07, 6.45) is 1.78. The van der Waals surface area contributed by atoms with E-state index in [9.17, 15) is 27.8 Å². The van der Waals surface area contributed by atoms with E-state index in [4.69, 9.17) is 9.47 Å². The first-order valence-corrected chi connectivity index (χ1v) is 14.6. The standard InChI is InChI=1S/C26H45F2N3O6S/c1-18(2)12-19(30-22(33)37-10-11-38(35)17-25(7)15-36-16-25)8-9-26(27,28)21(32)29-20-13-23(3,4)31(34)24(5,6)14-20/h8-9,18-20,34H,10-17H2,1-7H3,(H,29,32)(H,30,33)/t19-,38?/m0/s1. The zero-order valence-corrected chi connectivity index (χ0v) is 24.5. The Balaban J connectivity index is 1.91. The van der Waals surface area contributed by atoms with Crippen molar-refractivity contribution in [1.82, 2.24) is 15.7 Å². The first-order chi connectivity index (χ1) is 17.4. The summed E-state index contributed by atoms with van der Waals surface area (Å²) in [5.74, 6) is -4.53. The Labute approximate surface area is 227 Å². The average molecular weight is 566 g/mol. The smallest absolute Gasteiger partial charge is 0.407 e. The molecule has 9 nitrogen and oxygen atoms in total. The number of halogens is 2. The second-order valence-electron chi connectivity index (χ2n) is 12.6. The van der Waals surface area contributed by atoms with Crippen LogP contribution < -0.4 is 10.6 Å². The van der Waals surface area contributed by atoms with E-state index in [1.807, 2.05) is 20.8 Å². The molecule has 3 N–H and O–H groups in total. The van der Waals surface area contributed by atoms with Gasteiger partial charge in [0.1, 0.15) is 6.61 Å². The van der Waals surface area contributed by atoms with Crippen LogP contribution in [0.4, 0.5) is 13.6 Å². The number of rotatable bonds is 12. The fourth-order valence-electron chi connectivity index (χ4n) is 5.08. The number of piperidine rings is 1. The third kappa shape index (κ3) is 9.53. The maximum Gasteiger partial charge on any atom is 0.407 e. The Morgan fingerprint density at radius 1 is 1.18 bits per heavy atom. The Bertz CT molecular complexity index is 874. The van der Waals surface area contributed by atoms with Crippen molar-refractivity contribution < 1.29 is 37.3 Å². The van der Waals surface area contributed by atoms with Gasteiger partial charge in [-0.3, -0.25) is 9.00 Å². The Hall–Kier alpha value is -1.63. The van der Waals surface area contributed by atoms with Crippen molar-refractivity contribution in [3.8, 4) is 0 Å². The van der Waals surface area contributed by atoms with Gasteiger partial charge >= 0.3 is 12.0 Å². The van der Waals surface area contributed by atoms with Gasteiger partial charge in [-0.25, -0.2) is 4.79 Å². The average Bonchev–Trinajstić information content (AvgIpc) is 2.74. The lowest BCUT2D eigenvalue weighted by atomic mass is 9.79. The van der Waals surface area contributed by atoms with E-state index in [1.165, 1.54) is 5.06 Å². The number of nitrogens with one attached hydrogen (secondary N) is 2. The summed E-state index contributed by atoms with van der Waals surface area (Å²) < 4.78 is 52.0. The number of nitrogens with zero attached hydrogens (tertiary/aromatic N) is 1. The molecule has 2 aliphatic rings. The van der Waals surface area contributed by atoms with E-state index in [-0.39, 0.29) is 23.7 Å². The largest absolute Gasteiger partial charge is 0.449 e. The molecule has 38 heavy (non-hydrogen) atoms. The number of amides is 2. The van der Waals surface area contributed by atoms with E-state index in [2.05, 4.69) is 10.6 Å². The van der Waals surface area contributed by atoms with Gasteiger partial charge in [-0.1, -0.05) is 26.8 Å². The zero-order valence-electron chi connectivity index (χ0n) is 23.6. The molecule has 2 aliphatic heterocycles. The van der Waals surface area contributed by atoms with Crippen molar-refractivity contribution in [3.63, 3.8) is 0 Å². The molecule has 0 bridgehead atoms. The van der Waals surface area contributed by atoms with E-state index >= 15 is 0 Å². The molecular formula is C26H45F2N3O6S. The third-order valence-corrected chi connectivity index (χ3v) is 8.44. The molecule has 2 heterocycles. The highest BCUT2D eigenvalue weighted by Gasteiger charge is 2.47. The molecule has 2 atom stereocenters. The van der Waals surface area contributed by atoms with Crippen LogP contribution in [0.15, 0.2) is 12.2 Å². The van der Waals surface area contributed by atoms with E-state index in [0.717, 1.165) is 6.08 Å². The number of alkyl halides is 2. The van der Waals surface area contributed by atoms with E-state index < -0.39 is 51.9 Å². The van der Waals surface area contributed by atoms with Crippen molar-refractivity contribution in [3.05, 3.63) is 12.2 Å². The maximum absolute atomic E-state index is 14.8. The summed E-state index contributed by atoms with van der Waals surface area (Å²) in [6, 6.07) is -1.33. The van der Waals surface area contributed by atoms with Crippen LogP contribution >= 0.6 is 0 Å². The fraction of sp³-hybridized carbons (Fsp3) is 0.846. The number of carbonyl (C=O) groups excluding carboxylic acids is 2. The summed E-state index contributed by atoms with van der Waals surface area (Å²) in [6.45, 7) is 13.9. The lowest BCUT2D eigenvalue weighted by Crippen LogP contribution is -2.63. The number of ether oxygens (including phenoxy) is 2. The summed E-state index contributed by atoms with van der Waals surface area (Å²) >= 11 is 0. The summed E-state index contributed by atoms with van der Waals surface area (Å²) in [4.78, 5) is 24.7. The minimum Gasteiger partial charge on any atom is -0.449 e. The minimum absolute atomic E-state index is 0.0641. The van der Waals surface area contributed by atoms with Gasteiger partial charge in [0, 0.05) is 39.1 Å². The predicted molar refractivity (Wildman–Crippen MR) is 142 cm³/mol. The molecule has 2 amide bonds. The first-order valence-electron chi connectivity index (χ1n) is 13.1. The first kappa shape index (κ1) is 32.6. The molecule has 1 unspecified atom stereocenters. The normalized spacial score (nSPS) is 23.0. The zero-order chi connectivity index (χ0) is 28.9. The van der Waals surface area contributed by atoms with Gasteiger partial charge in [-0.05, 0) is 59.0 Å². The van der Waals surface area contributed by atoms with Crippen LogP contribution in [0.25, 0.3) is 0 Å². The summed E-state index contributed by atoms with van der Waals surface area (Å²) in [7, 11) is -1.17. The van der Waals surface area contributed by atoms with Crippen LogP contribution in [0.5, 0.6) is 0 Å². The van der Waals surface area contributed by atoms with Crippen LogP contribution in [0, 0.1) is 11.3 Å². The number of hydrogen-bond donors (Lipinski definition) is 3. The summed E-state index contributed by atoms with van der Waals surface area (Å²) in [5.41, 5.74) is -1.51. The van der Waals surface area contributed by atoms with Gasteiger partial charge in [-0.15, -0.1) is 0 Å². The highest BCUT2D eigenvalue weighted by Crippen LogP contribution is 2.37. The second-order valence-corrected chi connectivity index (χ2v) is 14.2. The SMILES string of the molecule is CC(C)C[C@H](C=CC(F)(F)C(=O)NC1CC(C)(C)N(O)C(C)(C)C1)NC(=O)OCCS(=O)CC1(C)COC1. The number of alkyl carbamates (subject to hydrolysis) is 1. The quantitative estimate of drug-likeness (QED) is 0.310. The van der Waals surface area contributed by atoms with Crippen molar-refractivity contribution in [2.45, 2.75) is 96.8 Å². The highest BCUT2D eigenvalue weighted by atomic mass is 32.2. The van der Waals surface area contributed by atoms with Crippen LogP contribution in [-0.2, 0) is 25.1 Å². The molecule has 0 radical (unpaired) electrons. The topological polar surface area (TPSA) is 117 Å². The van der Waals surface area contributed by atoms with Gasteiger partial charge in [0.05, 0.1) is 25.0 Å². The number of carbonyl (C=O) groups is 2. The lowest BCUT2D eigenvalue weighted by Gasteiger charge is -2.51. The molecule has 0 aliphatic carbocycles. The van der Waals surface area contributed by atoms with Gasteiger partial charge in [0.2, 0.25) is 0 Å². The molecule has 2 fully saturated rings. The second kappa shape index (κ2) is 12.7. The van der Waals surface area contributed by atoms with Crippen LogP contribution in [0.2, 0.25) is 0 Å². The number of hydroxylamine groups is 2. The van der Waals surface area contributed by atoms with Gasteiger partial charge in [0.25, 0.3) is 5.91 Å². The molecule has 2 saturated heterocycles. The third-order valence-electron chi connectivity index (χ3n) is 6.80. The van der Waals surface area contributed by atoms with E-state index in [0.29, 0.717) is 44.3 Å². The predicted octanol–water partition coefficient (Wildman–Crippen LogP) is 3.63. The highest BCUT2D eigenvalue weighted by molar-refractivity contribution is 7.85. The van der Waals surface area contributed by atoms with Gasteiger partial charge < -0.3 is 25.3 Å². The van der Waals surface area contributed by atoms with Gasteiger partial charge in [0.15, 0.2) is 0 Å².